The highest BCUT2D eigenvalue weighted by Gasteiger charge is 2.32. The van der Waals surface area contributed by atoms with E-state index >= 15 is 0 Å². The smallest absolute Gasteiger partial charge is 0.335 e. The number of hydrogen-bond acceptors (Lipinski definition) is 7. The second-order valence-electron chi connectivity index (χ2n) is 7.82. The Morgan fingerprint density at radius 1 is 1.19 bits per heavy atom. The Morgan fingerprint density at radius 3 is 2.68 bits per heavy atom. The molecule has 1 fully saturated rings. The van der Waals surface area contributed by atoms with Gasteiger partial charge in [-0.15, -0.1) is 0 Å². The molecule has 4 rings (SSSR count). The zero-order valence-corrected chi connectivity index (χ0v) is 21.0. The van der Waals surface area contributed by atoms with Crippen LogP contribution >= 0.6 is 23.4 Å². The monoisotopic (exact) mass is 537 g/mol. The van der Waals surface area contributed by atoms with Crippen molar-refractivity contribution >= 4 is 57.9 Å². The van der Waals surface area contributed by atoms with Gasteiger partial charge in [-0.05, 0) is 66.2 Å². The molecule has 1 aliphatic rings. The Balaban J connectivity index is 1.51. The van der Waals surface area contributed by atoms with Crippen LogP contribution in [0.15, 0.2) is 76.6 Å². The summed E-state index contributed by atoms with van der Waals surface area (Å²) in [6, 6.07) is 17.4. The highest BCUT2D eigenvalue weighted by molar-refractivity contribution is 8.18. The minimum atomic E-state index is -1.06. The number of aromatic carboxylic acids is 1. The van der Waals surface area contributed by atoms with Crippen molar-refractivity contribution in [2.75, 3.05) is 6.54 Å². The van der Waals surface area contributed by atoms with E-state index in [0.717, 1.165) is 0 Å². The standard InChI is InChI=1S/C26H20ClN3O6S/c1-2-29-24(31)23(37-26(29)28-19-7-4-6-18(14-19)25(32)33)13-16-9-10-22(21(27)12-16)36-15-17-5-3-8-20(11-17)30(34)35/h3-14H,2,15H2,1H3,(H,32,33)/b23-13-,28-26?. The van der Waals surface area contributed by atoms with E-state index in [1.807, 2.05) is 6.92 Å². The van der Waals surface area contributed by atoms with Gasteiger partial charge in [-0.25, -0.2) is 9.79 Å². The number of carboxylic acid groups (broad SMARTS) is 1. The fourth-order valence-electron chi connectivity index (χ4n) is 3.49. The summed E-state index contributed by atoms with van der Waals surface area (Å²) in [6.45, 7) is 2.32. The number of carboxylic acids is 1. The van der Waals surface area contributed by atoms with Gasteiger partial charge in [-0.3, -0.25) is 19.8 Å². The van der Waals surface area contributed by atoms with Crippen molar-refractivity contribution in [1.82, 2.24) is 4.90 Å². The molecule has 0 spiro atoms. The van der Waals surface area contributed by atoms with E-state index < -0.39 is 10.9 Å². The molecule has 0 radical (unpaired) electrons. The highest BCUT2D eigenvalue weighted by Crippen LogP contribution is 2.35. The molecule has 1 N–H and O–H groups in total. The predicted molar refractivity (Wildman–Crippen MR) is 142 cm³/mol. The summed E-state index contributed by atoms with van der Waals surface area (Å²) < 4.78 is 5.73. The van der Waals surface area contributed by atoms with Gasteiger partial charge >= 0.3 is 5.97 Å². The van der Waals surface area contributed by atoms with Crippen molar-refractivity contribution in [2.45, 2.75) is 13.5 Å². The van der Waals surface area contributed by atoms with Gasteiger partial charge in [-0.1, -0.05) is 35.9 Å². The molecule has 0 aliphatic carbocycles. The van der Waals surface area contributed by atoms with E-state index in [2.05, 4.69) is 4.99 Å². The first-order chi connectivity index (χ1) is 17.7. The van der Waals surface area contributed by atoms with Crippen LogP contribution in [0.25, 0.3) is 6.08 Å². The van der Waals surface area contributed by atoms with Crippen molar-refractivity contribution in [2.24, 2.45) is 4.99 Å². The van der Waals surface area contributed by atoms with E-state index in [1.165, 1.54) is 40.9 Å². The zero-order chi connectivity index (χ0) is 26.5. The molecule has 11 heteroatoms. The summed E-state index contributed by atoms with van der Waals surface area (Å²) in [7, 11) is 0. The molecular formula is C26H20ClN3O6S. The van der Waals surface area contributed by atoms with Crippen molar-refractivity contribution in [3.8, 4) is 5.75 Å². The van der Waals surface area contributed by atoms with Crippen LogP contribution in [0.3, 0.4) is 0 Å². The van der Waals surface area contributed by atoms with E-state index in [0.29, 0.717) is 44.2 Å². The van der Waals surface area contributed by atoms with Gasteiger partial charge in [0.05, 0.1) is 26.1 Å². The number of carbonyl (C=O) groups excluding carboxylic acids is 1. The van der Waals surface area contributed by atoms with Crippen LogP contribution in [0.4, 0.5) is 11.4 Å². The lowest BCUT2D eigenvalue weighted by atomic mass is 10.2. The Kier molecular flexibility index (Phi) is 7.90. The van der Waals surface area contributed by atoms with Crippen LogP contribution in [0.1, 0.15) is 28.4 Å². The first kappa shape index (κ1) is 25.9. The van der Waals surface area contributed by atoms with E-state index in [-0.39, 0.29) is 23.8 Å². The molecule has 9 nitrogen and oxygen atoms in total. The van der Waals surface area contributed by atoms with Crippen LogP contribution in [0.5, 0.6) is 5.75 Å². The van der Waals surface area contributed by atoms with E-state index in [9.17, 15) is 24.8 Å². The average molecular weight is 538 g/mol. The number of benzene rings is 3. The third kappa shape index (κ3) is 6.16. The largest absolute Gasteiger partial charge is 0.487 e. The number of hydrogen-bond donors (Lipinski definition) is 1. The molecule has 3 aromatic carbocycles. The van der Waals surface area contributed by atoms with Crippen molar-refractivity contribution < 1.29 is 24.4 Å². The Hall–Kier alpha value is -4.15. The average Bonchev–Trinajstić information content (AvgIpc) is 3.17. The first-order valence-electron chi connectivity index (χ1n) is 11.0. The van der Waals surface area contributed by atoms with Gasteiger partial charge in [-0.2, -0.15) is 0 Å². The summed E-state index contributed by atoms with van der Waals surface area (Å²) >= 11 is 7.58. The Morgan fingerprint density at radius 2 is 1.97 bits per heavy atom. The SMILES string of the molecule is CCN1C(=O)/C(=C/c2ccc(OCc3cccc([N+](=O)[O-])c3)c(Cl)c2)SC1=Nc1cccc(C(=O)O)c1. The summed E-state index contributed by atoms with van der Waals surface area (Å²) in [5.41, 5.74) is 1.82. The molecule has 0 aromatic heterocycles. The fraction of sp³-hybridized carbons (Fsp3) is 0.115. The number of aliphatic imine (C=N–C) groups is 1. The third-order valence-electron chi connectivity index (χ3n) is 5.29. The number of ether oxygens (including phenoxy) is 1. The lowest BCUT2D eigenvalue weighted by Gasteiger charge is -2.12. The number of halogens is 1. The normalized spacial score (nSPS) is 15.4. The molecule has 37 heavy (non-hydrogen) atoms. The molecule has 1 aliphatic heterocycles. The molecule has 0 atom stereocenters. The molecular weight excluding hydrogens is 518 g/mol. The number of likely N-dealkylation sites (N-methyl/N-ethyl adjacent to an activating group) is 1. The first-order valence-corrected chi connectivity index (χ1v) is 12.2. The number of carbonyl (C=O) groups is 2. The van der Waals surface area contributed by atoms with Crippen molar-refractivity contribution in [3.05, 3.63) is 103 Å². The minimum Gasteiger partial charge on any atom is -0.487 e. The molecule has 1 amide bonds. The second-order valence-corrected chi connectivity index (χ2v) is 9.23. The topological polar surface area (TPSA) is 122 Å². The summed E-state index contributed by atoms with van der Waals surface area (Å²) in [5.74, 6) is -0.876. The number of amides is 1. The molecule has 0 bridgehead atoms. The van der Waals surface area contributed by atoms with Crippen LogP contribution in [0.2, 0.25) is 5.02 Å². The maximum absolute atomic E-state index is 13.0. The van der Waals surface area contributed by atoms with E-state index in [4.69, 9.17) is 16.3 Å². The van der Waals surface area contributed by atoms with Gasteiger partial charge in [0.25, 0.3) is 11.6 Å². The lowest BCUT2D eigenvalue weighted by Crippen LogP contribution is -2.28. The lowest BCUT2D eigenvalue weighted by molar-refractivity contribution is -0.384. The quantitative estimate of drug-likeness (QED) is 0.208. The number of non-ortho nitro benzene ring substituents is 1. The number of rotatable bonds is 8. The number of nitrogens with zero attached hydrogens (tertiary/aromatic N) is 3. The molecule has 1 saturated heterocycles. The molecule has 0 unspecified atom stereocenters. The van der Waals surface area contributed by atoms with Gasteiger partial charge < -0.3 is 9.84 Å². The molecule has 188 valence electrons. The predicted octanol–water partition coefficient (Wildman–Crippen LogP) is 6.15. The van der Waals surface area contributed by atoms with Crippen molar-refractivity contribution in [1.29, 1.82) is 0 Å². The summed E-state index contributed by atoms with van der Waals surface area (Å²) in [4.78, 5) is 41.1. The zero-order valence-electron chi connectivity index (χ0n) is 19.5. The van der Waals surface area contributed by atoms with Crippen LogP contribution < -0.4 is 4.74 Å². The minimum absolute atomic E-state index is 0.0217. The fourth-order valence-corrected chi connectivity index (χ4v) is 4.79. The summed E-state index contributed by atoms with van der Waals surface area (Å²) in [6.07, 6.45) is 1.70. The summed E-state index contributed by atoms with van der Waals surface area (Å²) in [5, 5.41) is 20.9. The van der Waals surface area contributed by atoms with Crippen LogP contribution in [0, 0.1) is 10.1 Å². The number of nitro groups is 1. The van der Waals surface area contributed by atoms with Crippen molar-refractivity contribution in [3.63, 3.8) is 0 Å². The maximum Gasteiger partial charge on any atom is 0.335 e. The van der Waals surface area contributed by atoms with Gasteiger partial charge in [0, 0.05) is 18.7 Å². The molecule has 3 aromatic rings. The van der Waals surface area contributed by atoms with Gasteiger partial charge in [0.1, 0.15) is 12.4 Å². The molecule has 0 saturated carbocycles. The number of thioether (sulfide) groups is 1. The van der Waals surface area contributed by atoms with E-state index in [1.54, 1.807) is 48.5 Å². The number of nitro benzene ring substituents is 1. The molecule has 1 heterocycles. The number of amidine groups is 1. The second kappa shape index (κ2) is 11.3. The van der Waals surface area contributed by atoms with Crippen LogP contribution in [-0.2, 0) is 11.4 Å². The van der Waals surface area contributed by atoms with Gasteiger partial charge in [0.15, 0.2) is 5.17 Å². The maximum atomic E-state index is 13.0. The Labute approximate surface area is 221 Å². The Bertz CT molecular complexity index is 1460. The third-order valence-corrected chi connectivity index (χ3v) is 6.59. The van der Waals surface area contributed by atoms with Crippen LogP contribution in [-0.4, -0.2) is 38.5 Å². The highest BCUT2D eigenvalue weighted by atomic mass is 35.5. The van der Waals surface area contributed by atoms with Gasteiger partial charge in [0.2, 0.25) is 0 Å².